The van der Waals surface area contributed by atoms with Crippen LogP contribution in [0.4, 0.5) is 0 Å². The summed E-state index contributed by atoms with van der Waals surface area (Å²) >= 11 is 3.45. The second kappa shape index (κ2) is 5.29. The number of halogens is 1. The summed E-state index contributed by atoms with van der Waals surface area (Å²) in [4.78, 5) is 7.77. The Balaban J connectivity index is 1.77. The quantitative estimate of drug-likeness (QED) is 0.766. The van der Waals surface area contributed by atoms with Gasteiger partial charge in [0.2, 0.25) is 0 Å². The molecule has 0 fully saturated rings. The van der Waals surface area contributed by atoms with Crippen LogP contribution in [-0.4, -0.2) is 9.97 Å². The van der Waals surface area contributed by atoms with E-state index in [9.17, 15) is 0 Å². The molecule has 20 heavy (non-hydrogen) atoms. The van der Waals surface area contributed by atoms with Crippen LogP contribution >= 0.6 is 15.9 Å². The normalized spacial score (nSPS) is 10.9. The second-order valence-electron chi connectivity index (χ2n) is 4.88. The molecule has 0 aliphatic heterocycles. The highest BCUT2D eigenvalue weighted by Crippen LogP contribution is 2.20. The van der Waals surface area contributed by atoms with Crippen LogP contribution in [0.2, 0.25) is 0 Å². The number of benzene rings is 2. The van der Waals surface area contributed by atoms with Crippen molar-refractivity contribution in [1.29, 1.82) is 0 Å². The lowest BCUT2D eigenvalue weighted by Crippen LogP contribution is -1.97. The van der Waals surface area contributed by atoms with Gasteiger partial charge < -0.3 is 9.72 Å². The standard InChI is InChI=1S/C16H15BrN2O/c1-10-3-5-13(7-11(10)2)20-9-16-18-14-6-4-12(17)8-15(14)19-16/h3-8H,9H2,1-2H3,(H,18,19). The van der Waals surface area contributed by atoms with E-state index in [1.807, 2.05) is 24.3 Å². The Morgan fingerprint density at radius 1 is 1.10 bits per heavy atom. The van der Waals surface area contributed by atoms with Crippen LogP contribution in [0.1, 0.15) is 17.0 Å². The van der Waals surface area contributed by atoms with Crippen LogP contribution < -0.4 is 4.74 Å². The topological polar surface area (TPSA) is 37.9 Å². The fourth-order valence-electron chi connectivity index (χ4n) is 2.06. The van der Waals surface area contributed by atoms with E-state index in [0.717, 1.165) is 27.1 Å². The SMILES string of the molecule is Cc1ccc(OCc2nc3ccc(Br)cc3[nH]2)cc1C. The highest BCUT2D eigenvalue weighted by Gasteiger charge is 2.04. The number of aryl methyl sites for hydroxylation is 2. The van der Waals surface area contributed by atoms with Crippen molar-refractivity contribution in [2.24, 2.45) is 0 Å². The Bertz CT molecular complexity index is 764. The molecule has 2 aromatic carbocycles. The Hall–Kier alpha value is -1.81. The van der Waals surface area contributed by atoms with Crippen molar-refractivity contribution in [3.05, 3.63) is 57.8 Å². The molecule has 0 atom stereocenters. The van der Waals surface area contributed by atoms with E-state index in [0.29, 0.717) is 6.61 Å². The Morgan fingerprint density at radius 3 is 2.75 bits per heavy atom. The molecule has 0 aliphatic carbocycles. The number of imidazole rings is 1. The van der Waals surface area contributed by atoms with E-state index >= 15 is 0 Å². The van der Waals surface area contributed by atoms with Crippen molar-refractivity contribution in [1.82, 2.24) is 9.97 Å². The lowest BCUT2D eigenvalue weighted by atomic mass is 10.1. The Labute approximate surface area is 126 Å². The van der Waals surface area contributed by atoms with Gasteiger partial charge in [-0.2, -0.15) is 0 Å². The number of hydrogen-bond donors (Lipinski definition) is 1. The average molecular weight is 331 g/mol. The van der Waals surface area contributed by atoms with E-state index in [2.05, 4.69) is 51.9 Å². The van der Waals surface area contributed by atoms with Crippen LogP contribution in [0.3, 0.4) is 0 Å². The summed E-state index contributed by atoms with van der Waals surface area (Å²) in [5.74, 6) is 1.70. The van der Waals surface area contributed by atoms with Gasteiger partial charge >= 0.3 is 0 Å². The zero-order valence-corrected chi connectivity index (χ0v) is 13.0. The lowest BCUT2D eigenvalue weighted by molar-refractivity contribution is 0.297. The molecule has 1 aromatic heterocycles. The first-order valence-corrected chi connectivity index (χ1v) is 7.25. The van der Waals surface area contributed by atoms with Crippen LogP contribution in [-0.2, 0) is 6.61 Å². The first-order valence-electron chi connectivity index (χ1n) is 6.46. The zero-order chi connectivity index (χ0) is 14.1. The van der Waals surface area contributed by atoms with E-state index in [1.54, 1.807) is 0 Å². The van der Waals surface area contributed by atoms with Crippen molar-refractivity contribution in [3.8, 4) is 5.75 Å². The molecular formula is C16H15BrN2O. The van der Waals surface area contributed by atoms with Gasteiger partial charge in [0.1, 0.15) is 18.2 Å². The van der Waals surface area contributed by atoms with Crippen molar-refractivity contribution in [2.75, 3.05) is 0 Å². The minimum Gasteiger partial charge on any atom is -0.486 e. The summed E-state index contributed by atoms with van der Waals surface area (Å²) in [6, 6.07) is 12.1. The van der Waals surface area contributed by atoms with Crippen molar-refractivity contribution >= 4 is 27.0 Å². The van der Waals surface area contributed by atoms with Crippen molar-refractivity contribution in [3.63, 3.8) is 0 Å². The smallest absolute Gasteiger partial charge is 0.146 e. The summed E-state index contributed by atoms with van der Waals surface area (Å²) in [6.07, 6.45) is 0. The van der Waals surface area contributed by atoms with Gasteiger partial charge in [-0.15, -0.1) is 0 Å². The molecule has 0 bridgehead atoms. The van der Waals surface area contributed by atoms with Crippen LogP contribution in [0, 0.1) is 13.8 Å². The minimum absolute atomic E-state index is 0.439. The maximum atomic E-state index is 5.78. The van der Waals surface area contributed by atoms with E-state index < -0.39 is 0 Å². The number of rotatable bonds is 3. The van der Waals surface area contributed by atoms with Gasteiger partial charge in [-0.05, 0) is 55.3 Å². The number of ether oxygens (including phenoxy) is 1. The van der Waals surface area contributed by atoms with Crippen LogP contribution in [0.5, 0.6) is 5.75 Å². The zero-order valence-electron chi connectivity index (χ0n) is 11.4. The van der Waals surface area contributed by atoms with Gasteiger partial charge in [-0.3, -0.25) is 0 Å². The average Bonchev–Trinajstić information content (AvgIpc) is 2.82. The molecular weight excluding hydrogens is 316 g/mol. The monoisotopic (exact) mass is 330 g/mol. The third-order valence-corrected chi connectivity index (χ3v) is 3.84. The molecule has 0 saturated carbocycles. The number of nitrogens with zero attached hydrogens (tertiary/aromatic N) is 1. The number of nitrogens with one attached hydrogen (secondary N) is 1. The van der Waals surface area contributed by atoms with Gasteiger partial charge in [0.05, 0.1) is 11.0 Å². The minimum atomic E-state index is 0.439. The predicted molar refractivity (Wildman–Crippen MR) is 84.0 cm³/mol. The highest BCUT2D eigenvalue weighted by atomic mass is 79.9. The summed E-state index contributed by atoms with van der Waals surface area (Å²) in [5.41, 5.74) is 4.46. The molecule has 3 aromatic rings. The number of aromatic amines is 1. The molecule has 4 heteroatoms. The summed E-state index contributed by atoms with van der Waals surface area (Å²) in [5, 5.41) is 0. The predicted octanol–water partition coefficient (Wildman–Crippen LogP) is 4.52. The van der Waals surface area contributed by atoms with E-state index in [1.165, 1.54) is 11.1 Å². The fraction of sp³-hybridized carbons (Fsp3) is 0.188. The number of H-pyrrole nitrogens is 1. The Morgan fingerprint density at radius 2 is 1.95 bits per heavy atom. The molecule has 3 rings (SSSR count). The van der Waals surface area contributed by atoms with Gasteiger partial charge in [-0.25, -0.2) is 4.98 Å². The number of hydrogen-bond acceptors (Lipinski definition) is 2. The fourth-order valence-corrected chi connectivity index (χ4v) is 2.42. The maximum absolute atomic E-state index is 5.78. The number of aromatic nitrogens is 2. The van der Waals surface area contributed by atoms with Gasteiger partial charge in [-0.1, -0.05) is 22.0 Å². The molecule has 1 heterocycles. The van der Waals surface area contributed by atoms with Gasteiger partial charge in [0, 0.05) is 4.47 Å². The Kier molecular flexibility index (Phi) is 3.49. The molecule has 1 N–H and O–H groups in total. The second-order valence-corrected chi connectivity index (χ2v) is 5.80. The van der Waals surface area contributed by atoms with Crippen LogP contribution in [0.15, 0.2) is 40.9 Å². The van der Waals surface area contributed by atoms with Crippen molar-refractivity contribution < 1.29 is 4.74 Å². The van der Waals surface area contributed by atoms with Gasteiger partial charge in [0.15, 0.2) is 0 Å². The molecule has 0 amide bonds. The third-order valence-electron chi connectivity index (χ3n) is 3.35. The van der Waals surface area contributed by atoms with Crippen LogP contribution in [0.25, 0.3) is 11.0 Å². The molecule has 0 aliphatic rings. The van der Waals surface area contributed by atoms with Gasteiger partial charge in [0.25, 0.3) is 0 Å². The van der Waals surface area contributed by atoms with E-state index in [-0.39, 0.29) is 0 Å². The number of fused-ring (bicyclic) bond motifs is 1. The molecule has 0 saturated heterocycles. The molecule has 0 spiro atoms. The van der Waals surface area contributed by atoms with Crippen molar-refractivity contribution in [2.45, 2.75) is 20.5 Å². The first kappa shape index (κ1) is 13.2. The lowest BCUT2D eigenvalue weighted by Gasteiger charge is -2.06. The molecule has 3 nitrogen and oxygen atoms in total. The summed E-state index contributed by atoms with van der Waals surface area (Å²) < 4.78 is 6.82. The highest BCUT2D eigenvalue weighted by molar-refractivity contribution is 9.10. The molecule has 102 valence electrons. The maximum Gasteiger partial charge on any atom is 0.146 e. The summed E-state index contributed by atoms with van der Waals surface area (Å²) in [7, 11) is 0. The largest absolute Gasteiger partial charge is 0.486 e. The molecule has 0 unspecified atom stereocenters. The third kappa shape index (κ3) is 2.70. The molecule has 0 radical (unpaired) electrons. The first-order chi connectivity index (χ1) is 9.61. The van der Waals surface area contributed by atoms with E-state index in [4.69, 9.17) is 4.74 Å². The summed E-state index contributed by atoms with van der Waals surface area (Å²) in [6.45, 7) is 4.62.